The third kappa shape index (κ3) is 20.5. The van der Waals surface area contributed by atoms with Gasteiger partial charge in [-0.15, -0.1) is 0 Å². The lowest BCUT2D eigenvalue weighted by Gasteiger charge is -2.51. The molecule has 7 heterocycles. The molecule has 0 spiro atoms. The molecule has 102 heavy (non-hydrogen) atoms. The number of hydrogen-bond donors (Lipinski definition) is 28. The number of aliphatic hydroxyl groups is 23. The van der Waals surface area contributed by atoms with Gasteiger partial charge in [-0.1, -0.05) is 0 Å². The largest absolute Gasteiger partial charge is 0.469 e. The van der Waals surface area contributed by atoms with Crippen molar-refractivity contribution in [2.24, 2.45) is 0 Å². The molecule has 0 aliphatic carbocycles. The molecular formula is C54H94N3O44P. The van der Waals surface area contributed by atoms with Gasteiger partial charge in [-0.05, 0) is 0 Å². The average Bonchev–Trinajstić information content (AvgIpc) is 0.766. The highest BCUT2D eigenvalue weighted by molar-refractivity contribution is 7.46. The van der Waals surface area contributed by atoms with E-state index in [-0.39, 0.29) is 0 Å². The number of carbonyl (C=O) groups excluding carboxylic acids is 3. The second kappa shape index (κ2) is 37.9. The second-order valence-electron chi connectivity index (χ2n) is 25.0. The molecular weight excluding hydrogens is 1430 g/mol. The van der Waals surface area contributed by atoms with Crippen LogP contribution in [-0.2, 0) is 89.8 Å². The van der Waals surface area contributed by atoms with Crippen molar-refractivity contribution in [1.82, 2.24) is 16.0 Å². The molecule has 3 amide bonds. The third-order valence-electron chi connectivity index (χ3n) is 17.7. The van der Waals surface area contributed by atoms with E-state index in [4.69, 9.17) is 66.3 Å². The Bertz CT molecular complexity index is 2650. The van der Waals surface area contributed by atoms with Gasteiger partial charge in [0.05, 0.1) is 65.5 Å². The lowest BCUT2D eigenvalue weighted by molar-refractivity contribution is -0.399. The van der Waals surface area contributed by atoms with E-state index in [1.807, 2.05) is 0 Å². The van der Waals surface area contributed by atoms with E-state index in [1.54, 1.807) is 0 Å². The van der Waals surface area contributed by atoms with E-state index >= 15 is 0 Å². The highest BCUT2D eigenvalue weighted by Crippen LogP contribution is 2.40. The summed E-state index contributed by atoms with van der Waals surface area (Å²) in [7, 11) is -5.29. The zero-order valence-corrected chi connectivity index (χ0v) is 55.2. The SMILES string of the molecule is CC(=O)N[C@H]1[C@H](O[C@@H]([C@H](O)[C@H](CO)NC(C)=O)[C@H](O)CO)O[C@H](CO)[C@@H](O[C@@H]2O[C@H](CO[C@H]3O[C@H](CO[C@H]4O[C@H](COP(=O)(O)O)[C@@H](O)[C@H](O)[C@@H]4O)[C@@H](O)[C@H](O[C@H]4O[C@H](CO)[C@@H](O)[C@H](O)[C@@H]4O)[C@@H]3O)[C@@H](O[C@@H]3O[C@H](CO)[C@@H](O)[C@H](O)[C@H]3NC(C)=O)[C@H](O[C@H]3O[C@H](CO)[C@@H](O)[C@H](O)[C@@H]3O)[C@@H]2O)[C@@H]1O. The summed E-state index contributed by atoms with van der Waals surface area (Å²) in [6.45, 7) is -7.47. The lowest BCUT2D eigenvalue weighted by atomic mass is 9.94. The Morgan fingerprint density at radius 2 is 0.765 bits per heavy atom. The van der Waals surface area contributed by atoms with Gasteiger partial charge in [0.1, 0.15) is 189 Å². The standard InChI is InChI=1S/C54H94N3O44P/c1-13(64)55-16(4-58)27(68)43(17(67)5-59)97-49-26(57-15(3)66)34(75)44(21(9-63)93-49)98-54-42(83)47(101-53-40(81)36(77)30(71)20(8-62)92-53)45(99-48-25(56-14(2)65)33(74)28(69)18(6-60)90-48)24(96-54)11-88-51-41(82)46(100-52-39(80)35(76)29(70)19(7-61)91-52)32(73)22(94-51)10-87-50-38(79)37(78)31(72)23(95-50)12-89-102(84,85)86/h16-54,58-63,67-83H,4-12H2,1-3H3,(H,55,64)(H,56,65)(H,57,66)(H2,84,85,86)/t16-,17+,18+,19+,20+,21+,22+,23+,24+,25+,26+,27+,28+,29+,30+,31+,32+,33+,34+,35-,36-,37-,38-,39-,40-,41-,42-,43+,44+,45+,46-,47+,48-,49-,50-,51-,52+,53+,54-/m0/s1. The first-order valence-electron chi connectivity index (χ1n) is 31.8. The minimum Gasteiger partial charge on any atom is -0.394 e. The van der Waals surface area contributed by atoms with Crippen LogP contribution in [0, 0.1) is 0 Å². The highest BCUT2D eigenvalue weighted by Gasteiger charge is 2.60. The number of phosphoric ester groups is 1. The summed E-state index contributed by atoms with van der Waals surface area (Å²) < 4.78 is 98.7. The molecule has 0 aromatic carbocycles. The first kappa shape index (κ1) is 86.3. The van der Waals surface area contributed by atoms with Crippen molar-refractivity contribution in [1.29, 1.82) is 0 Å². The average molecular weight is 1520 g/mol. The van der Waals surface area contributed by atoms with Crippen LogP contribution in [0.2, 0.25) is 0 Å². The molecule has 0 bridgehead atoms. The predicted molar refractivity (Wildman–Crippen MR) is 312 cm³/mol. The van der Waals surface area contributed by atoms with Crippen LogP contribution in [-0.4, -0.2) is 444 Å². The first-order chi connectivity index (χ1) is 47.9. The fourth-order valence-corrected chi connectivity index (χ4v) is 12.6. The Morgan fingerprint density at radius 3 is 1.25 bits per heavy atom. The maximum absolute atomic E-state index is 12.9. The molecule has 0 unspecified atom stereocenters. The van der Waals surface area contributed by atoms with Crippen LogP contribution < -0.4 is 16.0 Å². The van der Waals surface area contributed by atoms with Gasteiger partial charge in [0.2, 0.25) is 17.7 Å². The third-order valence-corrected chi connectivity index (χ3v) is 18.2. The zero-order chi connectivity index (χ0) is 75.8. The van der Waals surface area contributed by atoms with Crippen molar-refractivity contribution >= 4 is 25.5 Å². The van der Waals surface area contributed by atoms with Crippen LogP contribution in [0.25, 0.3) is 0 Å². The molecule has 7 fully saturated rings. The Kier molecular flexibility index (Phi) is 32.1. The highest BCUT2D eigenvalue weighted by atomic mass is 31.2. The lowest BCUT2D eigenvalue weighted by Crippen LogP contribution is -2.71. The number of rotatable bonds is 31. The fraction of sp³-hybridized carbons (Fsp3) is 0.944. The molecule has 0 aromatic heterocycles. The molecule has 594 valence electrons. The number of carbonyl (C=O) groups is 3. The van der Waals surface area contributed by atoms with Crippen LogP contribution >= 0.6 is 7.82 Å². The Balaban J connectivity index is 1.32. The summed E-state index contributed by atoms with van der Waals surface area (Å²) in [5.41, 5.74) is 0. The molecule has 0 aromatic rings. The monoisotopic (exact) mass is 1520 g/mol. The molecule has 47 nitrogen and oxygen atoms in total. The molecule has 48 heteroatoms. The summed E-state index contributed by atoms with van der Waals surface area (Å²) in [6.07, 6.45) is -78.6. The van der Waals surface area contributed by atoms with Crippen LogP contribution in [0.3, 0.4) is 0 Å². The predicted octanol–water partition coefficient (Wildman–Crippen LogP) is -18.3. The topological polar surface area (TPSA) is 749 Å². The molecule has 7 rings (SSSR count). The quantitative estimate of drug-likeness (QED) is 0.0287. The van der Waals surface area contributed by atoms with Gasteiger partial charge in [0.25, 0.3) is 0 Å². The van der Waals surface area contributed by atoms with Gasteiger partial charge in [-0.2, -0.15) is 0 Å². The Labute approximate surface area is 576 Å². The van der Waals surface area contributed by atoms with Gasteiger partial charge in [0, 0.05) is 20.8 Å². The van der Waals surface area contributed by atoms with Crippen molar-refractivity contribution < 1.29 is 217 Å². The summed E-state index contributed by atoms with van der Waals surface area (Å²) in [4.78, 5) is 56.3. The number of hydrogen-bond acceptors (Lipinski definition) is 42. The minimum atomic E-state index is -5.29. The van der Waals surface area contributed by atoms with Crippen molar-refractivity contribution in [2.75, 3.05) is 59.5 Å². The Hall–Kier alpha value is -2.96. The summed E-state index contributed by atoms with van der Waals surface area (Å²) in [5, 5.41) is 260. The van der Waals surface area contributed by atoms with Crippen molar-refractivity contribution in [3.8, 4) is 0 Å². The van der Waals surface area contributed by atoms with Crippen LogP contribution in [0.4, 0.5) is 0 Å². The minimum absolute atomic E-state index is 0.813. The number of phosphoric acid groups is 1. The van der Waals surface area contributed by atoms with E-state index in [9.17, 15) is 146 Å². The molecule has 39 atom stereocenters. The van der Waals surface area contributed by atoms with Gasteiger partial charge in [-0.25, -0.2) is 4.57 Å². The summed E-state index contributed by atoms with van der Waals surface area (Å²) >= 11 is 0. The molecule has 0 radical (unpaired) electrons. The van der Waals surface area contributed by atoms with Gasteiger partial charge in [0.15, 0.2) is 44.0 Å². The fourth-order valence-electron chi connectivity index (χ4n) is 12.2. The first-order valence-corrected chi connectivity index (χ1v) is 33.3. The summed E-state index contributed by atoms with van der Waals surface area (Å²) in [5.74, 6) is -2.75. The van der Waals surface area contributed by atoms with Gasteiger partial charge in [-0.3, -0.25) is 18.9 Å². The van der Waals surface area contributed by atoms with E-state index in [1.165, 1.54) is 0 Å². The summed E-state index contributed by atoms with van der Waals surface area (Å²) in [6, 6.07) is -5.56. The maximum atomic E-state index is 12.9. The number of nitrogens with one attached hydrogen (secondary N) is 3. The molecule has 7 aliphatic heterocycles. The normalized spacial score (nSPS) is 45.0. The van der Waals surface area contributed by atoms with E-state index in [0.29, 0.717) is 0 Å². The van der Waals surface area contributed by atoms with E-state index in [2.05, 4.69) is 20.5 Å². The maximum Gasteiger partial charge on any atom is 0.469 e. The van der Waals surface area contributed by atoms with Crippen molar-refractivity contribution in [2.45, 2.75) is 260 Å². The number of aliphatic hydroxyl groups excluding tert-OH is 23. The van der Waals surface area contributed by atoms with E-state index in [0.717, 1.165) is 20.8 Å². The molecule has 7 aliphatic rings. The van der Waals surface area contributed by atoms with Crippen LogP contribution in [0.15, 0.2) is 0 Å². The molecule has 28 N–H and O–H groups in total. The number of ether oxygens (including phenoxy) is 14. The van der Waals surface area contributed by atoms with E-state index < -0.39 is 324 Å². The zero-order valence-electron chi connectivity index (χ0n) is 54.3. The van der Waals surface area contributed by atoms with Crippen molar-refractivity contribution in [3.63, 3.8) is 0 Å². The van der Waals surface area contributed by atoms with Crippen molar-refractivity contribution in [3.05, 3.63) is 0 Å². The van der Waals surface area contributed by atoms with Gasteiger partial charge < -0.3 is 210 Å². The van der Waals surface area contributed by atoms with Crippen LogP contribution in [0.5, 0.6) is 0 Å². The molecule has 0 saturated carbocycles. The second-order valence-corrected chi connectivity index (χ2v) is 26.3. The molecule has 7 saturated heterocycles. The smallest absolute Gasteiger partial charge is 0.394 e. The Morgan fingerprint density at radius 1 is 0.382 bits per heavy atom. The van der Waals surface area contributed by atoms with Crippen LogP contribution in [0.1, 0.15) is 20.8 Å². The number of amides is 3. The van der Waals surface area contributed by atoms with Gasteiger partial charge >= 0.3 is 7.82 Å².